The van der Waals surface area contributed by atoms with E-state index in [2.05, 4.69) is 5.32 Å². The van der Waals surface area contributed by atoms with Gasteiger partial charge in [0.2, 0.25) is 5.91 Å². The number of rotatable bonds is 3. The molecule has 1 atom stereocenters. The largest absolute Gasteiger partial charge is 0.340 e. The standard InChI is InChI=1S/C12H17ClN2OS.ClH/c1-12(5-6-14-8-12)11(16)15(2)7-9-3-4-10(13)17-9;/h3-4,14H,5-8H2,1-2H3;1H. The summed E-state index contributed by atoms with van der Waals surface area (Å²) in [6, 6.07) is 3.85. The van der Waals surface area contributed by atoms with Crippen molar-refractivity contribution in [2.45, 2.75) is 19.9 Å². The number of carbonyl (C=O) groups is 1. The third-order valence-electron chi connectivity index (χ3n) is 3.25. The van der Waals surface area contributed by atoms with Gasteiger partial charge in [-0.2, -0.15) is 0 Å². The van der Waals surface area contributed by atoms with Crippen molar-refractivity contribution in [1.29, 1.82) is 0 Å². The summed E-state index contributed by atoms with van der Waals surface area (Å²) in [7, 11) is 1.86. The fourth-order valence-electron chi connectivity index (χ4n) is 2.20. The lowest BCUT2D eigenvalue weighted by Gasteiger charge is -2.28. The minimum Gasteiger partial charge on any atom is -0.340 e. The summed E-state index contributed by atoms with van der Waals surface area (Å²) in [4.78, 5) is 15.3. The molecule has 1 aromatic heterocycles. The van der Waals surface area contributed by atoms with Gasteiger partial charge >= 0.3 is 0 Å². The predicted molar refractivity (Wildman–Crippen MR) is 78.6 cm³/mol. The number of hydrogen-bond acceptors (Lipinski definition) is 3. The molecule has 6 heteroatoms. The van der Waals surface area contributed by atoms with E-state index in [1.807, 2.05) is 26.1 Å². The highest BCUT2D eigenvalue weighted by atomic mass is 35.5. The minimum atomic E-state index is -0.240. The van der Waals surface area contributed by atoms with Crippen LogP contribution in [0.2, 0.25) is 4.34 Å². The van der Waals surface area contributed by atoms with Crippen molar-refractivity contribution >= 4 is 41.3 Å². The molecule has 0 aliphatic carbocycles. The first-order valence-electron chi connectivity index (χ1n) is 5.72. The van der Waals surface area contributed by atoms with Crippen LogP contribution in [0, 0.1) is 5.41 Å². The normalized spacial score (nSPS) is 22.6. The van der Waals surface area contributed by atoms with E-state index < -0.39 is 0 Å². The Balaban J connectivity index is 0.00000162. The van der Waals surface area contributed by atoms with Crippen molar-refractivity contribution < 1.29 is 4.79 Å². The van der Waals surface area contributed by atoms with Crippen LogP contribution < -0.4 is 5.32 Å². The van der Waals surface area contributed by atoms with Crippen LogP contribution in [0.4, 0.5) is 0 Å². The second-order valence-electron chi connectivity index (χ2n) is 4.85. The molecule has 18 heavy (non-hydrogen) atoms. The van der Waals surface area contributed by atoms with Gasteiger partial charge in [-0.3, -0.25) is 4.79 Å². The molecule has 1 fully saturated rings. The zero-order valence-electron chi connectivity index (χ0n) is 10.5. The Morgan fingerprint density at radius 1 is 1.61 bits per heavy atom. The Bertz CT molecular complexity index is 416. The molecule has 1 saturated heterocycles. The van der Waals surface area contributed by atoms with Crippen molar-refractivity contribution in [3.05, 3.63) is 21.3 Å². The molecule has 3 nitrogen and oxygen atoms in total. The van der Waals surface area contributed by atoms with Crippen LogP contribution in [-0.2, 0) is 11.3 Å². The van der Waals surface area contributed by atoms with Gasteiger partial charge in [0.1, 0.15) is 0 Å². The smallest absolute Gasteiger partial charge is 0.229 e. The summed E-state index contributed by atoms with van der Waals surface area (Å²) < 4.78 is 0.773. The molecule has 0 aromatic carbocycles. The van der Waals surface area contributed by atoms with Gasteiger partial charge in [0, 0.05) is 18.5 Å². The molecule has 1 aromatic rings. The van der Waals surface area contributed by atoms with Gasteiger partial charge in [0.05, 0.1) is 16.3 Å². The van der Waals surface area contributed by atoms with E-state index in [9.17, 15) is 4.79 Å². The minimum absolute atomic E-state index is 0. The molecule has 0 radical (unpaired) electrons. The van der Waals surface area contributed by atoms with Gasteiger partial charge in [0.15, 0.2) is 0 Å². The SMILES string of the molecule is CN(Cc1ccc(Cl)s1)C(=O)C1(C)CCNC1.Cl. The molecular formula is C12H18Cl2N2OS. The Labute approximate surface area is 123 Å². The average Bonchev–Trinajstić information content (AvgIpc) is 2.88. The highest BCUT2D eigenvalue weighted by molar-refractivity contribution is 7.16. The Morgan fingerprint density at radius 2 is 2.33 bits per heavy atom. The molecule has 1 aliphatic rings. The summed E-state index contributed by atoms with van der Waals surface area (Å²) in [5.74, 6) is 0.215. The highest BCUT2D eigenvalue weighted by Crippen LogP contribution is 2.28. The summed E-state index contributed by atoms with van der Waals surface area (Å²) in [6.45, 7) is 4.39. The Morgan fingerprint density at radius 3 is 2.83 bits per heavy atom. The molecule has 1 N–H and O–H groups in total. The number of thiophene rings is 1. The fourth-order valence-corrected chi connectivity index (χ4v) is 3.34. The number of hydrogen-bond donors (Lipinski definition) is 1. The molecule has 1 amide bonds. The predicted octanol–water partition coefficient (Wildman–Crippen LogP) is 2.78. The molecule has 1 unspecified atom stereocenters. The van der Waals surface area contributed by atoms with E-state index in [1.165, 1.54) is 11.3 Å². The quantitative estimate of drug-likeness (QED) is 0.931. The summed E-state index contributed by atoms with van der Waals surface area (Å²) >= 11 is 7.41. The van der Waals surface area contributed by atoms with Crippen LogP contribution >= 0.6 is 35.3 Å². The van der Waals surface area contributed by atoms with Gasteiger partial charge < -0.3 is 10.2 Å². The van der Waals surface area contributed by atoms with Crippen molar-refractivity contribution in [2.75, 3.05) is 20.1 Å². The number of amides is 1. The van der Waals surface area contributed by atoms with Gasteiger partial charge in [-0.15, -0.1) is 23.7 Å². The van der Waals surface area contributed by atoms with E-state index >= 15 is 0 Å². The highest BCUT2D eigenvalue weighted by Gasteiger charge is 2.38. The monoisotopic (exact) mass is 308 g/mol. The zero-order valence-corrected chi connectivity index (χ0v) is 12.9. The molecule has 0 bridgehead atoms. The summed E-state index contributed by atoms with van der Waals surface area (Å²) in [5, 5.41) is 3.25. The van der Waals surface area contributed by atoms with Crippen molar-refractivity contribution in [1.82, 2.24) is 10.2 Å². The molecular weight excluding hydrogens is 291 g/mol. The maximum Gasteiger partial charge on any atom is 0.229 e. The van der Waals surface area contributed by atoms with Gasteiger partial charge in [-0.1, -0.05) is 11.6 Å². The van der Waals surface area contributed by atoms with Crippen LogP contribution in [0.5, 0.6) is 0 Å². The summed E-state index contributed by atoms with van der Waals surface area (Å²) in [5.41, 5.74) is -0.240. The molecule has 0 saturated carbocycles. The van der Waals surface area contributed by atoms with Crippen molar-refractivity contribution in [3.63, 3.8) is 0 Å². The Hall–Kier alpha value is -0.290. The fraction of sp³-hybridized carbons (Fsp3) is 0.583. The van der Waals surface area contributed by atoms with Crippen molar-refractivity contribution in [3.8, 4) is 0 Å². The lowest BCUT2D eigenvalue weighted by molar-refractivity contribution is -0.139. The second kappa shape index (κ2) is 6.24. The van der Waals surface area contributed by atoms with Crippen LogP contribution in [-0.4, -0.2) is 30.9 Å². The van der Waals surface area contributed by atoms with Crippen molar-refractivity contribution in [2.24, 2.45) is 5.41 Å². The third kappa shape index (κ3) is 3.38. The van der Waals surface area contributed by atoms with Crippen LogP contribution in [0.25, 0.3) is 0 Å². The Kier molecular flexibility index (Phi) is 5.46. The summed E-state index contributed by atoms with van der Waals surface area (Å²) in [6.07, 6.45) is 0.918. The number of nitrogens with zero attached hydrogens (tertiary/aromatic N) is 1. The van der Waals surface area contributed by atoms with Crippen LogP contribution in [0.1, 0.15) is 18.2 Å². The number of halogens is 2. The van der Waals surface area contributed by atoms with E-state index in [0.29, 0.717) is 6.54 Å². The third-order valence-corrected chi connectivity index (χ3v) is 4.47. The lowest BCUT2D eigenvalue weighted by Crippen LogP contribution is -2.41. The lowest BCUT2D eigenvalue weighted by atomic mass is 9.88. The second-order valence-corrected chi connectivity index (χ2v) is 6.65. The molecule has 102 valence electrons. The van der Waals surface area contributed by atoms with Crippen LogP contribution in [0.15, 0.2) is 12.1 Å². The molecule has 2 heterocycles. The molecule has 0 spiro atoms. The number of nitrogens with one attached hydrogen (secondary N) is 1. The van der Waals surface area contributed by atoms with Gasteiger partial charge in [-0.05, 0) is 32.0 Å². The molecule has 2 rings (SSSR count). The first kappa shape index (κ1) is 15.8. The van der Waals surface area contributed by atoms with E-state index in [-0.39, 0.29) is 23.7 Å². The van der Waals surface area contributed by atoms with Gasteiger partial charge in [-0.25, -0.2) is 0 Å². The van der Waals surface area contributed by atoms with E-state index in [0.717, 1.165) is 28.7 Å². The maximum atomic E-state index is 12.3. The van der Waals surface area contributed by atoms with E-state index in [1.54, 1.807) is 4.90 Å². The molecule has 1 aliphatic heterocycles. The van der Waals surface area contributed by atoms with E-state index in [4.69, 9.17) is 11.6 Å². The zero-order chi connectivity index (χ0) is 12.5. The van der Waals surface area contributed by atoms with Crippen LogP contribution in [0.3, 0.4) is 0 Å². The first-order chi connectivity index (χ1) is 8.01. The first-order valence-corrected chi connectivity index (χ1v) is 6.91. The maximum absolute atomic E-state index is 12.3. The topological polar surface area (TPSA) is 32.3 Å². The average molecular weight is 309 g/mol. The number of carbonyl (C=O) groups excluding carboxylic acids is 1. The van der Waals surface area contributed by atoms with Gasteiger partial charge in [0.25, 0.3) is 0 Å².